The summed E-state index contributed by atoms with van der Waals surface area (Å²) in [6.07, 6.45) is 1.88. The number of nitrogens with two attached hydrogens (primary N) is 1. The summed E-state index contributed by atoms with van der Waals surface area (Å²) in [4.78, 5) is 26.4. The molecule has 3 rings (SSSR count). The lowest BCUT2D eigenvalue weighted by molar-refractivity contribution is -0.120. The van der Waals surface area contributed by atoms with E-state index in [1.54, 1.807) is 12.1 Å². The van der Waals surface area contributed by atoms with E-state index in [0.29, 0.717) is 18.5 Å². The Morgan fingerprint density at radius 3 is 2.39 bits per heavy atom. The van der Waals surface area contributed by atoms with Crippen molar-refractivity contribution in [1.82, 2.24) is 15.5 Å². The van der Waals surface area contributed by atoms with Crippen LogP contribution in [0.1, 0.15) is 28.8 Å². The molecule has 0 radical (unpaired) electrons. The number of rotatable bonds is 7. The second-order valence-corrected chi connectivity index (χ2v) is 7.73. The number of nitrogen functional groups attached to an aromatic ring is 1. The molecule has 0 saturated carbocycles. The molecule has 0 unspecified atom stereocenters. The monoisotopic (exact) mass is 432 g/mol. The smallest absolute Gasteiger partial charge is 0.253 e. The minimum Gasteiger partial charge on any atom is -0.508 e. The Morgan fingerprint density at radius 2 is 1.71 bits per heavy atom. The van der Waals surface area contributed by atoms with E-state index in [4.69, 9.17) is 5.73 Å². The number of amides is 2. The van der Waals surface area contributed by atoms with Gasteiger partial charge in [-0.25, -0.2) is 8.78 Å². The predicted molar refractivity (Wildman–Crippen MR) is 112 cm³/mol. The summed E-state index contributed by atoms with van der Waals surface area (Å²) in [6.45, 7) is 2.87. The van der Waals surface area contributed by atoms with Crippen LogP contribution in [0.3, 0.4) is 0 Å². The van der Waals surface area contributed by atoms with Gasteiger partial charge in [-0.1, -0.05) is 12.1 Å². The quantitative estimate of drug-likeness (QED) is 0.501. The lowest BCUT2D eigenvalue weighted by Crippen LogP contribution is -2.41. The molecular weight excluding hydrogens is 406 g/mol. The van der Waals surface area contributed by atoms with Crippen LogP contribution in [0.25, 0.3) is 0 Å². The maximum absolute atomic E-state index is 13.3. The standard InChI is InChI=1S/C22H26F2N4O3/c23-18-9-17(20(25)10-19(18)24)22(31)27-12-21(30)26-11-14-5-7-28(8-6-14)13-15-1-3-16(29)4-2-15/h1-4,9-10,14,29H,5-8,11-13,25H2,(H,26,30)(H,27,31). The minimum absolute atomic E-state index is 0.198. The number of aromatic hydroxyl groups is 1. The molecule has 0 spiro atoms. The Balaban J connectivity index is 1.36. The first-order chi connectivity index (χ1) is 14.8. The number of piperidine rings is 1. The van der Waals surface area contributed by atoms with Gasteiger partial charge in [-0.15, -0.1) is 0 Å². The molecule has 31 heavy (non-hydrogen) atoms. The van der Waals surface area contributed by atoms with Gasteiger partial charge in [-0.2, -0.15) is 0 Å². The molecule has 1 saturated heterocycles. The molecule has 2 amide bonds. The largest absolute Gasteiger partial charge is 0.508 e. The summed E-state index contributed by atoms with van der Waals surface area (Å²) in [5, 5.41) is 14.5. The third-order valence-electron chi connectivity index (χ3n) is 5.38. The molecular formula is C22H26F2N4O3. The third-order valence-corrected chi connectivity index (χ3v) is 5.38. The Hall–Kier alpha value is -3.20. The second-order valence-electron chi connectivity index (χ2n) is 7.73. The first-order valence-electron chi connectivity index (χ1n) is 10.1. The molecule has 9 heteroatoms. The molecule has 166 valence electrons. The average molecular weight is 432 g/mol. The van der Waals surface area contributed by atoms with Crippen LogP contribution in [-0.2, 0) is 11.3 Å². The van der Waals surface area contributed by atoms with E-state index in [1.165, 1.54) is 0 Å². The van der Waals surface area contributed by atoms with Gasteiger partial charge >= 0.3 is 0 Å². The third kappa shape index (κ3) is 6.39. The lowest BCUT2D eigenvalue weighted by Gasteiger charge is -2.32. The summed E-state index contributed by atoms with van der Waals surface area (Å²) in [6, 6.07) is 8.62. The Labute approximate surface area is 179 Å². The molecule has 2 aromatic carbocycles. The molecule has 2 aromatic rings. The van der Waals surface area contributed by atoms with Gasteiger partial charge in [0.2, 0.25) is 5.91 Å². The van der Waals surface area contributed by atoms with E-state index < -0.39 is 17.5 Å². The number of phenols is 1. The zero-order chi connectivity index (χ0) is 22.4. The zero-order valence-electron chi connectivity index (χ0n) is 17.0. The number of carbonyl (C=O) groups excluding carboxylic acids is 2. The molecule has 0 aliphatic carbocycles. The molecule has 0 aromatic heterocycles. The molecule has 1 heterocycles. The number of phenolic OH excluding ortho intramolecular Hbond substituents is 1. The van der Waals surface area contributed by atoms with Crippen LogP contribution >= 0.6 is 0 Å². The Morgan fingerprint density at radius 1 is 1.06 bits per heavy atom. The van der Waals surface area contributed by atoms with Gasteiger partial charge in [-0.3, -0.25) is 14.5 Å². The SMILES string of the molecule is Nc1cc(F)c(F)cc1C(=O)NCC(=O)NCC1CCN(Cc2ccc(O)cc2)CC1. The van der Waals surface area contributed by atoms with E-state index in [0.717, 1.165) is 44.1 Å². The van der Waals surface area contributed by atoms with Crippen molar-refractivity contribution >= 4 is 17.5 Å². The number of nitrogens with one attached hydrogen (secondary N) is 2. The van der Waals surface area contributed by atoms with Crippen molar-refractivity contribution in [2.24, 2.45) is 5.92 Å². The minimum atomic E-state index is -1.18. The van der Waals surface area contributed by atoms with Crippen LogP contribution in [0.5, 0.6) is 5.75 Å². The topological polar surface area (TPSA) is 108 Å². The molecule has 1 aliphatic rings. The summed E-state index contributed by atoms with van der Waals surface area (Å²) < 4.78 is 26.4. The molecule has 1 fully saturated rings. The molecule has 1 aliphatic heterocycles. The number of benzene rings is 2. The average Bonchev–Trinajstić information content (AvgIpc) is 2.75. The molecule has 0 atom stereocenters. The summed E-state index contributed by atoms with van der Waals surface area (Å²) in [7, 11) is 0. The van der Waals surface area contributed by atoms with Crippen LogP contribution in [0, 0.1) is 17.6 Å². The number of anilines is 1. The molecule has 0 bridgehead atoms. The second kappa shape index (κ2) is 10.2. The van der Waals surface area contributed by atoms with Gasteiger partial charge in [0.1, 0.15) is 5.75 Å². The summed E-state index contributed by atoms with van der Waals surface area (Å²) >= 11 is 0. The van der Waals surface area contributed by atoms with E-state index in [9.17, 15) is 23.5 Å². The van der Waals surface area contributed by atoms with Gasteiger partial charge < -0.3 is 21.5 Å². The summed E-state index contributed by atoms with van der Waals surface area (Å²) in [5.41, 5.74) is 6.26. The molecule has 5 N–H and O–H groups in total. The number of likely N-dealkylation sites (tertiary alicyclic amines) is 1. The van der Waals surface area contributed by atoms with Gasteiger partial charge in [0.25, 0.3) is 5.91 Å². The maximum Gasteiger partial charge on any atom is 0.253 e. The Bertz CT molecular complexity index is 929. The number of carbonyl (C=O) groups is 2. The normalized spacial score (nSPS) is 14.9. The highest BCUT2D eigenvalue weighted by atomic mass is 19.2. The van der Waals surface area contributed by atoms with Crippen LogP contribution in [0.2, 0.25) is 0 Å². The van der Waals surface area contributed by atoms with Crippen molar-refractivity contribution in [1.29, 1.82) is 0 Å². The van der Waals surface area contributed by atoms with Gasteiger partial charge in [0, 0.05) is 24.8 Å². The fraction of sp³-hybridized carbons (Fsp3) is 0.364. The molecule has 7 nitrogen and oxygen atoms in total. The van der Waals surface area contributed by atoms with Crippen LogP contribution in [0.4, 0.5) is 14.5 Å². The predicted octanol–water partition coefficient (Wildman–Crippen LogP) is 2.01. The van der Waals surface area contributed by atoms with Crippen molar-refractivity contribution in [2.45, 2.75) is 19.4 Å². The van der Waals surface area contributed by atoms with Crippen LogP contribution in [-0.4, -0.2) is 48.0 Å². The van der Waals surface area contributed by atoms with E-state index >= 15 is 0 Å². The number of halogens is 2. The van der Waals surface area contributed by atoms with Crippen molar-refractivity contribution in [3.05, 3.63) is 59.2 Å². The highest BCUT2D eigenvalue weighted by molar-refractivity contribution is 6.00. The maximum atomic E-state index is 13.3. The van der Waals surface area contributed by atoms with E-state index in [1.807, 2.05) is 12.1 Å². The number of hydrogen-bond acceptors (Lipinski definition) is 5. The van der Waals surface area contributed by atoms with Crippen LogP contribution in [0.15, 0.2) is 36.4 Å². The van der Waals surface area contributed by atoms with Crippen molar-refractivity contribution in [3.63, 3.8) is 0 Å². The number of nitrogens with zero attached hydrogens (tertiary/aromatic N) is 1. The first-order valence-corrected chi connectivity index (χ1v) is 10.1. The van der Waals surface area contributed by atoms with Crippen molar-refractivity contribution < 1.29 is 23.5 Å². The first kappa shape index (κ1) is 22.5. The van der Waals surface area contributed by atoms with Crippen molar-refractivity contribution in [3.8, 4) is 5.75 Å². The zero-order valence-corrected chi connectivity index (χ0v) is 17.0. The number of hydrogen-bond donors (Lipinski definition) is 4. The van der Waals surface area contributed by atoms with E-state index in [2.05, 4.69) is 15.5 Å². The van der Waals surface area contributed by atoms with Crippen molar-refractivity contribution in [2.75, 3.05) is 31.9 Å². The Kier molecular flexibility index (Phi) is 7.41. The lowest BCUT2D eigenvalue weighted by atomic mass is 9.96. The fourth-order valence-corrected chi connectivity index (χ4v) is 3.54. The van der Waals surface area contributed by atoms with Gasteiger partial charge in [-0.05, 0) is 55.6 Å². The highest BCUT2D eigenvalue weighted by Crippen LogP contribution is 2.20. The van der Waals surface area contributed by atoms with Crippen LogP contribution < -0.4 is 16.4 Å². The van der Waals surface area contributed by atoms with Gasteiger partial charge in [0.05, 0.1) is 12.1 Å². The summed E-state index contributed by atoms with van der Waals surface area (Å²) in [5.74, 6) is -2.82. The van der Waals surface area contributed by atoms with E-state index in [-0.39, 0.29) is 29.5 Å². The fourth-order valence-electron chi connectivity index (χ4n) is 3.54. The van der Waals surface area contributed by atoms with Gasteiger partial charge in [0.15, 0.2) is 11.6 Å². The highest BCUT2D eigenvalue weighted by Gasteiger charge is 2.20.